The topological polar surface area (TPSA) is 35.9 Å². The molecule has 160 valence electrons. The van der Waals surface area contributed by atoms with Crippen LogP contribution in [0.1, 0.15) is 37.7 Å². The van der Waals surface area contributed by atoms with Crippen LogP contribution >= 0.6 is 35.1 Å². The summed E-state index contributed by atoms with van der Waals surface area (Å²) in [6.07, 6.45) is 5.71. The minimum atomic E-state index is 0.0944. The zero-order valence-electron chi connectivity index (χ0n) is 17.4. The summed E-state index contributed by atoms with van der Waals surface area (Å²) in [5, 5.41) is 2.51. The average molecular weight is 470 g/mol. The van der Waals surface area contributed by atoms with Crippen LogP contribution in [0, 0.1) is 0 Å². The fraction of sp³-hybridized carbons (Fsp3) is 0.333. The molecule has 2 fully saturated rings. The average Bonchev–Trinajstić information content (AvgIpc) is 3.30. The largest absolute Gasteiger partial charge is 0.337 e. The van der Waals surface area contributed by atoms with Crippen LogP contribution < -0.4 is 4.90 Å². The number of benzene rings is 2. The van der Waals surface area contributed by atoms with Crippen molar-refractivity contribution in [2.75, 3.05) is 11.9 Å². The first-order chi connectivity index (χ1) is 15.1. The lowest BCUT2D eigenvalue weighted by Gasteiger charge is -2.30. The van der Waals surface area contributed by atoms with E-state index in [9.17, 15) is 4.79 Å². The maximum absolute atomic E-state index is 13.7. The molecule has 3 aliphatic rings. The van der Waals surface area contributed by atoms with Crippen LogP contribution in [-0.2, 0) is 11.3 Å². The molecule has 0 N–H and O–H groups in total. The Morgan fingerprint density at radius 1 is 1.06 bits per heavy atom. The Hall–Kier alpha value is -1.89. The Kier molecular flexibility index (Phi) is 6.04. The number of fused-ring (bicyclic) bond motifs is 1. The van der Waals surface area contributed by atoms with E-state index in [1.807, 2.05) is 48.3 Å². The van der Waals surface area contributed by atoms with Gasteiger partial charge in [-0.3, -0.25) is 14.7 Å². The lowest BCUT2D eigenvalue weighted by atomic mass is 9.94. The number of aliphatic imine (C=N–C) groups is 1. The lowest BCUT2D eigenvalue weighted by Crippen LogP contribution is -2.40. The molecule has 31 heavy (non-hydrogen) atoms. The Bertz CT molecular complexity index is 1060. The molecule has 1 saturated heterocycles. The van der Waals surface area contributed by atoms with Gasteiger partial charge in [-0.05, 0) is 48.4 Å². The summed E-state index contributed by atoms with van der Waals surface area (Å²) in [5.41, 5.74) is 2.20. The number of rotatable bonds is 3. The highest BCUT2D eigenvalue weighted by atomic mass is 35.5. The van der Waals surface area contributed by atoms with Crippen molar-refractivity contribution < 1.29 is 4.79 Å². The Labute approximate surface area is 196 Å². The number of anilines is 1. The van der Waals surface area contributed by atoms with Gasteiger partial charge in [-0.15, -0.1) is 0 Å². The Morgan fingerprint density at radius 2 is 1.84 bits per heavy atom. The van der Waals surface area contributed by atoms with E-state index in [-0.39, 0.29) is 11.9 Å². The number of hydrogen-bond acceptors (Lipinski definition) is 5. The molecule has 0 unspecified atom stereocenters. The molecular formula is C24H24ClN3OS2. The van der Waals surface area contributed by atoms with E-state index in [0.717, 1.165) is 44.1 Å². The second-order valence-electron chi connectivity index (χ2n) is 8.06. The first-order valence-electron chi connectivity index (χ1n) is 10.7. The maximum Gasteiger partial charge on any atom is 0.269 e. The SMILES string of the molecule is CN1C(=C2SC(=NCc3ccccc3)N(C3CCCCC3)C2=O)Sc2ccc(Cl)cc21. The van der Waals surface area contributed by atoms with Crippen LogP contribution in [0.4, 0.5) is 5.69 Å². The van der Waals surface area contributed by atoms with Gasteiger partial charge in [-0.25, -0.2) is 0 Å². The molecule has 0 atom stereocenters. The van der Waals surface area contributed by atoms with Crippen molar-refractivity contribution in [3.8, 4) is 0 Å². The summed E-state index contributed by atoms with van der Waals surface area (Å²) in [7, 11) is 2.01. The van der Waals surface area contributed by atoms with Gasteiger partial charge in [0.1, 0.15) is 4.91 Å². The van der Waals surface area contributed by atoms with E-state index < -0.39 is 0 Å². The smallest absolute Gasteiger partial charge is 0.269 e. The second kappa shape index (κ2) is 8.93. The fourth-order valence-corrected chi connectivity index (χ4v) is 6.88. The number of amides is 1. The molecule has 0 radical (unpaired) electrons. The molecular weight excluding hydrogens is 446 g/mol. The van der Waals surface area contributed by atoms with E-state index >= 15 is 0 Å². The summed E-state index contributed by atoms with van der Waals surface area (Å²) in [6, 6.07) is 16.4. The molecule has 1 aliphatic carbocycles. The molecule has 2 aliphatic heterocycles. The van der Waals surface area contributed by atoms with Crippen molar-refractivity contribution >= 4 is 51.9 Å². The Balaban J connectivity index is 1.50. The zero-order chi connectivity index (χ0) is 21.4. The zero-order valence-corrected chi connectivity index (χ0v) is 19.8. The molecule has 2 aromatic rings. The summed E-state index contributed by atoms with van der Waals surface area (Å²) in [5.74, 6) is 0.0944. The van der Waals surface area contributed by atoms with Crippen molar-refractivity contribution in [1.82, 2.24) is 4.90 Å². The molecule has 0 aromatic heterocycles. The number of hydrogen-bond donors (Lipinski definition) is 0. The van der Waals surface area contributed by atoms with Crippen molar-refractivity contribution in [3.63, 3.8) is 0 Å². The normalized spacial score (nSPS) is 23.2. The number of amidine groups is 1. The van der Waals surface area contributed by atoms with Crippen LogP contribution in [-0.4, -0.2) is 29.1 Å². The van der Waals surface area contributed by atoms with E-state index in [1.165, 1.54) is 31.0 Å². The van der Waals surface area contributed by atoms with Crippen LogP contribution in [0.3, 0.4) is 0 Å². The molecule has 2 aromatic carbocycles. The highest BCUT2D eigenvalue weighted by Crippen LogP contribution is 2.51. The molecule has 1 saturated carbocycles. The molecule has 5 rings (SSSR count). The van der Waals surface area contributed by atoms with Crippen molar-refractivity contribution in [2.45, 2.75) is 49.6 Å². The third-order valence-corrected chi connectivity index (χ3v) is 8.66. The van der Waals surface area contributed by atoms with E-state index in [1.54, 1.807) is 11.8 Å². The Morgan fingerprint density at radius 3 is 2.61 bits per heavy atom. The predicted octanol–water partition coefficient (Wildman–Crippen LogP) is 6.52. The van der Waals surface area contributed by atoms with Crippen LogP contribution in [0.25, 0.3) is 0 Å². The van der Waals surface area contributed by atoms with E-state index in [0.29, 0.717) is 11.6 Å². The first-order valence-corrected chi connectivity index (χ1v) is 12.7. The minimum Gasteiger partial charge on any atom is -0.337 e. The van der Waals surface area contributed by atoms with Gasteiger partial charge >= 0.3 is 0 Å². The molecule has 7 heteroatoms. The van der Waals surface area contributed by atoms with Crippen LogP contribution in [0.2, 0.25) is 5.02 Å². The van der Waals surface area contributed by atoms with Gasteiger partial charge in [-0.2, -0.15) is 0 Å². The minimum absolute atomic E-state index is 0.0944. The highest BCUT2D eigenvalue weighted by molar-refractivity contribution is 8.19. The lowest BCUT2D eigenvalue weighted by molar-refractivity contribution is -0.124. The highest BCUT2D eigenvalue weighted by Gasteiger charge is 2.42. The number of thioether (sulfide) groups is 2. The monoisotopic (exact) mass is 469 g/mol. The van der Waals surface area contributed by atoms with Crippen LogP contribution in [0.5, 0.6) is 0 Å². The van der Waals surface area contributed by atoms with Gasteiger partial charge in [0, 0.05) is 23.0 Å². The van der Waals surface area contributed by atoms with Gasteiger partial charge in [0.25, 0.3) is 5.91 Å². The third kappa shape index (κ3) is 4.13. The number of nitrogens with zero attached hydrogens (tertiary/aromatic N) is 3. The van der Waals surface area contributed by atoms with Crippen molar-refractivity contribution in [2.24, 2.45) is 4.99 Å². The van der Waals surface area contributed by atoms with Gasteiger partial charge in [0.05, 0.1) is 17.3 Å². The van der Waals surface area contributed by atoms with E-state index in [2.05, 4.69) is 17.0 Å². The molecule has 1 amide bonds. The summed E-state index contributed by atoms with van der Waals surface area (Å²) < 4.78 is 0. The quantitative estimate of drug-likeness (QED) is 0.479. The number of carbonyl (C=O) groups is 1. The third-order valence-electron chi connectivity index (χ3n) is 5.98. The molecule has 2 heterocycles. The van der Waals surface area contributed by atoms with Gasteiger partial charge < -0.3 is 4.90 Å². The number of halogens is 1. The molecule has 4 nitrogen and oxygen atoms in total. The second-order valence-corrected chi connectivity index (χ2v) is 10.5. The first kappa shape index (κ1) is 21.0. The van der Waals surface area contributed by atoms with E-state index in [4.69, 9.17) is 16.6 Å². The molecule has 0 bridgehead atoms. The van der Waals surface area contributed by atoms with Gasteiger partial charge in [0.2, 0.25) is 0 Å². The standard InChI is InChI=1S/C24H24ClN3OS2/c1-27-19-14-17(25)12-13-20(19)30-23(27)21-22(29)28(18-10-6-3-7-11-18)24(31-21)26-15-16-8-4-2-5-9-16/h2,4-5,8-9,12-14,18H,3,6-7,10-11,15H2,1H3. The maximum atomic E-state index is 13.7. The van der Waals surface area contributed by atoms with Gasteiger partial charge in [-0.1, -0.05) is 73.0 Å². The van der Waals surface area contributed by atoms with Crippen molar-refractivity contribution in [3.05, 3.63) is 69.1 Å². The summed E-state index contributed by atoms with van der Waals surface area (Å²) in [4.78, 5) is 24.6. The summed E-state index contributed by atoms with van der Waals surface area (Å²) in [6.45, 7) is 0.584. The number of carbonyl (C=O) groups excluding carboxylic acids is 1. The van der Waals surface area contributed by atoms with Crippen LogP contribution in [0.15, 0.2) is 68.4 Å². The fourth-order valence-electron chi connectivity index (χ4n) is 4.35. The predicted molar refractivity (Wildman–Crippen MR) is 132 cm³/mol. The summed E-state index contributed by atoms with van der Waals surface area (Å²) >= 11 is 9.39. The molecule has 0 spiro atoms. The van der Waals surface area contributed by atoms with Gasteiger partial charge in [0.15, 0.2) is 5.17 Å². The van der Waals surface area contributed by atoms with Crippen molar-refractivity contribution in [1.29, 1.82) is 0 Å².